The van der Waals surface area contributed by atoms with Gasteiger partial charge in [0.05, 0.1) is 5.56 Å². The number of nitrogens with zero attached hydrogens (tertiary/aromatic N) is 2. The monoisotopic (exact) mass is 232 g/mol. The van der Waals surface area contributed by atoms with Crippen molar-refractivity contribution in [2.24, 2.45) is 0 Å². The van der Waals surface area contributed by atoms with Crippen molar-refractivity contribution < 1.29 is 4.79 Å². The summed E-state index contributed by atoms with van der Waals surface area (Å²) in [5, 5.41) is 0.184. The smallest absolute Gasteiger partial charge is 0.161 e. The van der Waals surface area contributed by atoms with Crippen LogP contribution in [0.1, 0.15) is 15.9 Å². The average molecular weight is 233 g/mol. The van der Waals surface area contributed by atoms with Crippen molar-refractivity contribution >= 4 is 17.9 Å². The third-order valence-corrected chi connectivity index (χ3v) is 2.58. The predicted octanol–water partition coefficient (Wildman–Crippen LogP) is 2.92. The maximum Gasteiger partial charge on any atom is 0.161 e. The summed E-state index contributed by atoms with van der Waals surface area (Å²) >= 11 is 5.85. The molecular formula is C12H9ClN2O. The van der Waals surface area contributed by atoms with Crippen LogP contribution in [0, 0.1) is 6.92 Å². The number of aromatic nitrogens is 2. The number of rotatable bonds is 2. The summed E-state index contributed by atoms with van der Waals surface area (Å²) in [4.78, 5) is 18.8. The molecule has 2 rings (SSSR count). The van der Waals surface area contributed by atoms with Crippen molar-refractivity contribution in [1.29, 1.82) is 0 Å². The van der Waals surface area contributed by atoms with Crippen molar-refractivity contribution in [2.45, 2.75) is 6.92 Å². The minimum Gasteiger partial charge on any atom is -0.298 e. The van der Waals surface area contributed by atoms with Crippen LogP contribution in [0.5, 0.6) is 0 Å². The summed E-state index contributed by atoms with van der Waals surface area (Å²) in [7, 11) is 0. The molecule has 16 heavy (non-hydrogen) atoms. The van der Waals surface area contributed by atoms with E-state index < -0.39 is 0 Å². The van der Waals surface area contributed by atoms with Crippen molar-refractivity contribution in [1.82, 2.24) is 9.97 Å². The molecule has 0 amide bonds. The van der Waals surface area contributed by atoms with Crippen LogP contribution >= 0.6 is 11.6 Å². The van der Waals surface area contributed by atoms with E-state index in [1.165, 1.54) is 6.20 Å². The van der Waals surface area contributed by atoms with Crippen LogP contribution in [0.15, 0.2) is 30.5 Å². The first-order valence-electron chi connectivity index (χ1n) is 4.76. The Bertz CT molecular complexity index is 540. The quantitative estimate of drug-likeness (QED) is 0.591. The Kier molecular flexibility index (Phi) is 2.97. The van der Waals surface area contributed by atoms with Crippen LogP contribution in [-0.2, 0) is 0 Å². The molecule has 0 aliphatic heterocycles. The SMILES string of the molecule is Cc1ccccc1-c1ncc(C=O)c(Cl)n1. The summed E-state index contributed by atoms with van der Waals surface area (Å²) in [6, 6.07) is 7.75. The van der Waals surface area contributed by atoms with Gasteiger partial charge in [-0.15, -0.1) is 0 Å². The van der Waals surface area contributed by atoms with E-state index in [0.717, 1.165) is 11.1 Å². The molecular weight excluding hydrogens is 224 g/mol. The third-order valence-electron chi connectivity index (χ3n) is 2.28. The average Bonchev–Trinajstić information content (AvgIpc) is 2.29. The van der Waals surface area contributed by atoms with E-state index in [1.54, 1.807) is 0 Å². The molecule has 0 aliphatic rings. The molecule has 0 fully saturated rings. The van der Waals surface area contributed by atoms with Gasteiger partial charge < -0.3 is 0 Å². The molecule has 4 heteroatoms. The Hall–Kier alpha value is -1.74. The fourth-order valence-corrected chi connectivity index (χ4v) is 1.58. The van der Waals surface area contributed by atoms with Gasteiger partial charge in [0.15, 0.2) is 12.1 Å². The van der Waals surface area contributed by atoms with Gasteiger partial charge in [-0.2, -0.15) is 0 Å². The van der Waals surface area contributed by atoms with E-state index >= 15 is 0 Å². The topological polar surface area (TPSA) is 42.9 Å². The Morgan fingerprint density at radius 2 is 2.06 bits per heavy atom. The van der Waals surface area contributed by atoms with Crippen LogP contribution in [0.3, 0.4) is 0 Å². The molecule has 80 valence electrons. The molecule has 0 spiro atoms. The Morgan fingerprint density at radius 3 is 2.69 bits per heavy atom. The first kappa shape index (κ1) is 10.8. The fourth-order valence-electron chi connectivity index (χ4n) is 1.40. The molecule has 0 atom stereocenters. The number of benzene rings is 1. The fraction of sp³-hybridized carbons (Fsp3) is 0.0833. The zero-order valence-corrected chi connectivity index (χ0v) is 9.40. The molecule has 0 saturated carbocycles. The maximum atomic E-state index is 10.6. The standard InChI is InChI=1S/C12H9ClN2O/c1-8-4-2-3-5-10(8)12-14-6-9(7-16)11(13)15-12/h2-7H,1H3. The number of halogens is 1. The number of aldehydes is 1. The minimum absolute atomic E-state index is 0.184. The first-order chi connectivity index (χ1) is 7.72. The van der Waals surface area contributed by atoms with Gasteiger partial charge in [-0.1, -0.05) is 35.9 Å². The van der Waals surface area contributed by atoms with Gasteiger partial charge in [-0.3, -0.25) is 4.79 Å². The van der Waals surface area contributed by atoms with E-state index in [0.29, 0.717) is 17.7 Å². The molecule has 0 aliphatic carbocycles. The van der Waals surface area contributed by atoms with Crippen LogP contribution in [0.4, 0.5) is 0 Å². The highest BCUT2D eigenvalue weighted by atomic mass is 35.5. The largest absolute Gasteiger partial charge is 0.298 e. The first-order valence-corrected chi connectivity index (χ1v) is 5.14. The highest BCUT2D eigenvalue weighted by molar-refractivity contribution is 6.31. The second-order valence-corrected chi connectivity index (χ2v) is 3.73. The van der Waals surface area contributed by atoms with Crippen molar-refractivity contribution in [3.63, 3.8) is 0 Å². The molecule has 2 aromatic rings. The van der Waals surface area contributed by atoms with Crippen LogP contribution in [0.25, 0.3) is 11.4 Å². The summed E-state index contributed by atoms with van der Waals surface area (Å²) in [5.74, 6) is 0.536. The van der Waals surface area contributed by atoms with Gasteiger partial charge in [0.25, 0.3) is 0 Å². The lowest BCUT2D eigenvalue weighted by Crippen LogP contribution is -1.95. The Balaban J connectivity index is 2.54. The zero-order valence-electron chi connectivity index (χ0n) is 8.64. The van der Waals surface area contributed by atoms with E-state index in [2.05, 4.69) is 9.97 Å². The highest BCUT2D eigenvalue weighted by Crippen LogP contribution is 2.21. The summed E-state index contributed by atoms with van der Waals surface area (Å²) in [5.41, 5.74) is 2.29. The second-order valence-electron chi connectivity index (χ2n) is 3.37. The van der Waals surface area contributed by atoms with Crippen LogP contribution in [0.2, 0.25) is 5.15 Å². The second kappa shape index (κ2) is 4.41. The highest BCUT2D eigenvalue weighted by Gasteiger charge is 2.07. The van der Waals surface area contributed by atoms with Gasteiger partial charge in [0.1, 0.15) is 5.15 Å². The normalized spacial score (nSPS) is 10.1. The number of aryl methyl sites for hydroxylation is 1. The Morgan fingerprint density at radius 1 is 1.31 bits per heavy atom. The van der Waals surface area contributed by atoms with Gasteiger partial charge in [-0.25, -0.2) is 9.97 Å². The molecule has 0 unspecified atom stereocenters. The zero-order chi connectivity index (χ0) is 11.5. The number of hydrogen-bond acceptors (Lipinski definition) is 3. The molecule has 1 heterocycles. The number of carbonyl (C=O) groups excluding carboxylic acids is 1. The molecule has 0 N–H and O–H groups in total. The van der Waals surface area contributed by atoms with Crippen molar-refractivity contribution in [3.8, 4) is 11.4 Å². The summed E-state index contributed by atoms with van der Waals surface area (Å²) in [6.45, 7) is 1.97. The minimum atomic E-state index is 0.184. The van der Waals surface area contributed by atoms with Crippen molar-refractivity contribution in [3.05, 3.63) is 46.7 Å². The maximum absolute atomic E-state index is 10.6. The molecule has 1 aromatic heterocycles. The van der Waals surface area contributed by atoms with Crippen LogP contribution < -0.4 is 0 Å². The lowest BCUT2D eigenvalue weighted by atomic mass is 10.1. The van der Waals surface area contributed by atoms with Gasteiger partial charge in [-0.05, 0) is 12.5 Å². The molecule has 1 aromatic carbocycles. The van der Waals surface area contributed by atoms with Gasteiger partial charge in [0, 0.05) is 11.8 Å². The predicted molar refractivity (Wildman–Crippen MR) is 62.6 cm³/mol. The van der Waals surface area contributed by atoms with Crippen molar-refractivity contribution in [2.75, 3.05) is 0 Å². The molecule has 3 nitrogen and oxygen atoms in total. The van der Waals surface area contributed by atoms with E-state index in [4.69, 9.17) is 11.6 Å². The van der Waals surface area contributed by atoms with E-state index in [-0.39, 0.29) is 5.15 Å². The Labute approximate surface area is 98.1 Å². The number of carbonyl (C=O) groups is 1. The lowest BCUT2D eigenvalue weighted by molar-refractivity contribution is 0.112. The molecule has 0 saturated heterocycles. The summed E-state index contributed by atoms with van der Waals surface area (Å²) in [6.07, 6.45) is 2.08. The summed E-state index contributed by atoms with van der Waals surface area (Å²) < 4.78 is 0. The van der Waals surface area contributed by atoms with Gasteiger partial charge >= 0.3 is 0 Å². The van der Waals surface area contributed by atoms with E-state index in [1.807, 2.05) is 31.2 Å². The van der Waals surface area contributed by atoms with Gasteiger partial charge in [0.2, 0.25) is 0 Å². The molecule has 0 radical (unpaired) electrons. The van der Waals surface area contributed by atoms with E-state index in [9.17, 15) is 4.79 Å². The third kappa shape index (κ3) is 1.95. The lowest BCUT2D eigenvalue weighted by Gasteiger charge is -2.04. The van der Waals surface area contributed by atoms with Crippen LogP contribution in [-0.4, -0.2) is 16.3 Å². The molecule has 0 bridgehead atoms. The number of hydrogen-bond donors (Lipinski definition) is 0.